The van der Waals surface area contributed by atoms with E-state index in [1.54, 1.807) is 13.4 Å². The molecule has 0 radical (unpaired) electrons. The molecule has 24 heavy (non-hydrogen) atoms. The Kier molecular flexibility index (Phi) is 3.54. The average molecular weight is 335 g/mol. The van der Waals surface area contributed by atoms with Gasteiger partial charge in [-0.05, 0) is 42.9 Å². The Balaban J connectivity index is 1.83. The highest BCUT2D eigenvalue weighted by molar-refractivity contribution is 7.80. The van der Waals surface area contributed by atoms with E-state index in [1.807, 2.05) is 18.2 Å². The summed E-state index contributed by atoms with van der Waals surface area (Å²) in [7, 11) is 1.78. The Morgan fingerprint density at radius 2 is 1.96 bits per heavy atom. The van der Waals surface area contributed by atoms with Gasteiger partial charge in [0.25, 0.3) is 0 Å². The molecule has 2 heterocycles. The minimum Gasteiger partial charge on any atom is -0.345 e. The molecule has 3 aromatic rings. The number of benzene rings is 2. The number of aliphatic imine (C=N–C) groups is 1. The van der Waals surface area contributed by atoms with E-state index in [4.69, 9.17) is 12.2 Å². The van der Waals surface area contributed by atoms with Crippen molar-refractivity contribution in [2.24, 2.45) is 4.99 Å². The predicted molar refractivity (Wildman–Crippen MR) is 102 cm³/mol. The fraction of sp³-hybridized carbons (Fsp3) is 0.167. The summed E-state index contributed by atoms with van der Waals surface area (Å²) in [6.45, 7) is 2.08. The molecule has 0 saturated carbocycles. The Morgan fingerprint density at radius 3 is 2.71 bits per heavy atom. The molecule has 0 amide bonds. The van der Waals surface area contributed by atoms with Crippen molar-refractivity contribution < 1.29 is 0 Å². The van der Waals surface area contributed by atoms with Gasteiger partial charge in [0.1, 0.15) is 11.9 Å². The van der Waals surface area contributed by atoms with Crippen molar-refractivity contribution in [2.45, 2.75) is 13.0 Å². The van der Waals surface area contributed by atoms with Gasteiger partial charge in [-0.2, -0.15) is 0 Å². The zero-order valence-corrected chi connectivity index (χ0v) is 14.3. The maximum absolute atomic E-state index is 5.58. The monoisotopic (exact) mass is 335 g/mol. The molecule has 1 unspecified atom stereocenters. The smallest absolute Gasteiger partial charge is 0.179 e. The quantitative estimate of drug-likeness (QED) is 0.705. The number of H-pyrrole nitrogens is 1. The minimum atomic E-state index is -0.0560. The van der Waals surface area contributed by atoms with Crippen molar-refractivity contribution >= 4 is 39.9 Å². The molecule has 0 spiro atoms. The number of aromatic amines is 1. The number of imidazole rings is 1. The normalized spacial score (nSPS) is 19.2. The fourth-order valence-corrected chi connectivity index (χ4v) is 3.36. The summed E-state index contributed by atoms with van der Waals surface area (Å²) in [5, 5.41) is 3.89. The van der Waals surface area contributed by atoms with Crippen LogP contribution in [0.15, 0.2) is 53.8 Å². The third-order valence-corrected chi connectivity index (χ3v) is 4.59. The number of thiocarbonyl (C=S) groups is 1. The number of nitrogens with zero attached hydrogens (tertiary/aromatic N) is 3. The average Bonchev–Trinajstić information content (AvgIpc) is 3.18. The molecule has 2 N–H and O–H groups in total. The highest BCUT2D eigenvalue weighted by Crippen LogP contribution is 2.33. The Morgan fingerprint density at radius 1 is 1.17 bits per heavy atom. The predicted octanol–water partition coefficient (Wildman–Crippen LogP) is 3.34. The van der Waals surface area contributed by atoms with Crippen LogP contribution in [0.5, 0.6) is 0 Å². The zero-order chi connectivity index (χ0) is 16.7. The molecule has 6 heteroatoms. The van der Waals surface area contributed by atoms with Gasteiger partial charge in [-0.25, -0.2) is 4.98 Å². The minimum absolute atomic E-state index is 0.0560. The summed E-state index contributed by atoms with van der Waals surface area (Å²) < 4.78 is 0. The standard InChI is InChI=1S/C18H17N5S/c1-11-3-5-12(6-4-11)16-17(19-2)22-18(24)23(16)13-7-8-14-15(9-13)21-10-20-14/h3-10,16H,1-2H3,(H,20,21)(H,19,22,24). The van der Waals surface area contributed by atoms with Crippen LogP contribution in [0.25, 0.3) is 11.0 Å². The first-order chi connectivity index (χ1) is 11.7. The lowest BCUT2D eigenvalue weighted by molar-refractivity contribution is 0.946. The molecule has 2 aromatic carbocycles. The number of rotatable bonds is 2. The second-order valence-electron chi connectivity index (χ2n) is 5.83. The SMILES string of the molecule is C/N=C1/NC(=S)N(c2ccc3[nH]cnc3c2)C1c1ccc(C)cc1. The molecule has 4 rings (SSSR count). The Hall–Kier alpha value is -2.73. The molecule has 1 aliphatic rings. The van der Waals surface area contributed by atoms with E-state index in [1.165, 1.54) is 5.56 Å². The highest BCUT2D eigenvalue weighted by atomic mass is 32.1. The highest BCUT2D eigenvalue weighted by Gasteiger charge is 2.36. The van der Waals surface area contributed by atoms with Crippen LogP contribution in [0.2, 0.25) is 0 Å². The van der Waals surface area contributed by atoms with Crippen LogP contribution in [0.4, 0.5) is 5.69 Å². The number of hydrogen-bond donors (Lipinski definition) is 2. The molecule has 5 nitrogen and oxygen atoms in total. The number of amidine groups is 1. The molecule has 1 fully saturated rings. The first kappa shape index (κ1) is 14.8. The van der Waals surface area contributed by atoms with Crippen molar-refractivity contribution in [2.75, 3.05) is 11.9 Å². The number of fused-ring (bicyclic) bond motifs is 1. The van der Waals surface area contributed by atoms with Crippen LogP contribution < -0.4 is 10.2 Å². The van der Waals surface area contributed by atoms with Gasteiger partial charge in [-0.1, -0.05) is 29.8 Å². The van der Waals surface area contributed by atoms with E-state index in [0.717, 1.165) is 28.1 Å². The number of aryl methyl sites for hydroxylation is 1. The molecule has 1 aliphatic heterocycles. The van der Waals surface area contributed by atoms with Crippen LogP contribution in [0, 0.1) is 6.92 Å². The second kappa shape index (κ2) is 5.72. The van der Waals surface area contributed by atoms with Gasteiger partial charge in [0, 0.05) is 12.7 Å². The van der Waals surface area contributed by atoms with E-state index in [-0.39, 0.29) is 6.04 Å². The fourth-order valence-electron chi connectivity index (χ4n) is 3.05. The van der Waals surface area contributed by atoms with Gasteiger partial charge >= 0.3 is 0 Å². The van der Waals surface area contributed by atoms with Crippen molar-refractivity contribution in [3.8, 4) is 0 Å². The lowest BCUT2D eigenvalue weighted by Gasteiger charge is -2.25. The van der Waals surface area contributed by atoms with E-state index in [2.05, 4.69) is 56.4 Å². The summed E-state index contributed by atoms with van der Waals surface area (Å²) in [4.78, 5) is 14.0. The largest absolute Gasteiger partial charge is 0.345 e. The van der Waals surface area contributed by atoms with Gasteiger partial charge in [0.05, 0.1) is 17.4 Å². The van der Waals surface area contributed by atoms with Gasteiger partial charge in [0.2, 0.25) is 0 Å². The van der Waals surface area contributed by atoms with Crippen molar-refractivity contribution in [3.63, 3.8) is 0 Å². The van der Waals surface area contributed by atoms with Crippen molar-refractivity contribution in [1.82, 2.24) is 15.3 Å². The zero-order valence-electron chi connectivity index (χ0n) is 13.4. The van der Waals surface area contributed by atoms with E-state index >= 15 is 0 Å². The maximum atomic E-state index is 5.58. The molecule has 0 aliphatic carbocycles. The number of hydrogen-bond acceptors (Lipinski definition) is 3. The van der Waals surface area contributed by atoms with Crippen LogP contribution in [-0.4, -0.2) is 28.0 Å². The molecule has 0 bridgehead atoms. The van der Waals surface area contributed by atoms with E-state index in [9.17, 15) is 0 Å². The molecule has 1 saturated heterocycles. The molecular weight excluding hydrogens is 318 g/mol. The third-order valence-electron chi connectivity index (χ3n) is 4.29. The third kappa shape index (κ3) is 2.35. The first-order valence-electron chi connectivity index (χ1n) is 7.74. The summed E-state index contributed by atoms with van der Waals surface area (Å²) in [5.74, 6) is 0.853. The summed E-state index contributed by atoms with van der Waals surface area (Å²) in [6, 6.07) is 14.5. The number of aromatic nitrogens is 2. The Bertz CT molecular complexity index is 941. The van der Waals surface area contributed by atoms with Crippen LogP contribution in [0.3, 0.4) is 0 Å². The molecule has 120 valence electrons. The van der Waals surface area contributed by atoms with Gasteiger partial charge in [-0.15, -0.1) is 0 Å². The topological polar surface area (TPSA) is 56.3 Å². The van der Waals surface area contributed by atoms with Crippen LogP contribution in [0.1, 0.15) is 17.2 Å². The molecule has 1 atom stereocenters. The maximum Gasteiger partial charge on any atom is 0.179 e. The number of nitrogens with one attached hydrogen (secondary N) is 2. The van der Waals surface area contributed by atoms with Crippen molar-refractivity contribution in [3.05, 3.63) is 59.9 Å². The summed E-state index contributed by atoms with van der Waals surface area (Å²) in [5.41, 5.74) is 5.30. The second-order valence-corrected chi connectivity index (χ2v) is 6.21. The Labute approximate surface area is 145 Å². The van der Waals surface area contributed by atoms with Gasteiger partial charge in [-0.3, -0.25) is 4.99 Å². The van der Waals surface area contributed by atoms with E-state index < -0.39 is 0 Å². The van der Waals surface area contributed by atoms with Crippen LogP contribution >= 0.6 is 12.2 Å². The lowest BCUT2D eigenvalue weighted by atomic mass is 10.0. The van der Waals surface area contributed by atoms with E-state index in [0.29, 0.717) is 5.11 Å². The van der Waals surface area contributed by atoms with Gasteiger partial charge < -0.3 is 15.2 Å². The summed E-state index contributed by atoms with van der Waals surface area (Å²) >= 11 is 5.58. The van der Waals surface area contributed by atoms with Crippen molar-refractivity contribution in [1.29, 1.82) is 0 Å². The molecular formula is C18H17N5S. The first-order valence-corrected chi connectivity index (χ1v) is 8.15. The lowest BCUT2D eigenvalue weighted by Crippen LogP contribution is -2.29. The molecule has 1 aromatic heterocycles. The summed E-state index contributed by atoms with van der Waals surface area (Å²) in [6.07, 6.45) is 1.70. The van der Waals surface area contributed by atoms with Crippen LogP contribution in [-0.2, 0) is 0 Å². The van der Waals surface area contributed by atoms with Gasteiger partial charge in [0.15, 0.2) is 5.11 Å². The number of anilines is 1.